The van der Waals surface area contributed by atoms with Crippen molar-refractivity contribution in [1.29, 1.82) is 0 Å². The van der Waals surface area contributed by atoms with E-state index in [-0.39, 0.29) is 11.7 Å². The molecule has 0 aliphatic carbocycles. The highest BCUT2D eigenvalue weighted by atomic mass is 19.1. The minimum atomic E-state index is -0.311. The predicted molar refractivity (Wildman–Crippen MR) is 115 cm³/mol. The number of nitrogens with zero attached hydrogens (tertiary/aromatic N) is 3. The molecule has 1 aliphatic heterocycles. The van der Waals surface area contributed by atoms with Crippen LogP contribution in [-0.2, 0) is 9.53 Å². The second-order valence-electron chi connectivity index (χ2n) is 6.83. The molecule has 1 saturated heterocycles. The van der Waals surface area contributed by atoms with E-state index in [2.05, 4.69) is 20.4 Å². The van der Waals surface area contributed by atoms with Crippen molar-refractivity contribution in [3.05, 3.63) is 78.1 Å². The lowest BCUT2D eigenvalue weighted by Gasteiger charge is -2.27. The molecule has 1 fully saturated rings. The van der Waals surface area contributed by atoms with Crippen molar-refractivity contribution in [2.45, 2.75) is 0 Å². The maximum Gasteiger partial charge on any atom is 0.248 e. The van der Waals surface area contributed by atoms with Gasteiger partial charge in [0.2, 0.25) is 5.91 Å². The van der Waals surface area contributed by atoms with Gasteiger partial charge in [0.1, 0.15) is 5.82 Å². The number of carbonyl (C=O) groups is 1. The zero-order chi connectivity index (χ0) is 20.8. The Morgan fingerprint density at radius 3 is 2.57 bits per heavy atom. The summed E-state index contributed by atoms with van der Waals surface area (Å²) in [6.07, 6.45) is 3.05. The Labute approximate surface area is 174 Å². The number of morpholine rings is 1. The topological polar surface area (TPSA) is 67.4 Å². The number of carbonyl (C=O) groups excluding carboxylic acids is 1. The Kier molecular flexibility index (Phi) is 6.10. The number of nitrogens with one attached hydrogen (secondary N) is 1. The fraction of sp³-hybridized carbons (Fsp3) is 0.174. The van der Waals surface area contributed by atoms with Gasteiger partial charge in [-0.3, -0.25) is 4.79 Å². The first-order valence-corrected chi connectivity index (χ1v) is 9.69. The number of benzene rings is 2. The van der Waals surface area contributed by atoms with Crippen molar-refractivity contribution < 1.29 is 13.9 Å². The van der Waals surface area contributed by atoms with E-state index in [1.165, 1.54) is 18.2 Å². The van der Waals surface area contributed by atoms with Gasteiger partial charge < -0.3 is 15.0 Å². The van der Waals surface area contributed by atoms with Crippen LogP contribution in [0.4, 0.5) is 15.9 Å². The third-order valence-electron chi connectivity index (χ3n) is 4.71. The third-order valence-corrected chi connectivity index (χ3v) is 4.71. The Balaban J connectivity index is 1.42. The highest BCUT2D eigenvalue weighted by molar-refractivity contribution is 6.02. The average Bonchev–Trinajstić information content (AvgIpc) is 2.80. The summed E-state index contributed by atoms with van der Waals surface area (Å²) < 4.78 is 18.3. The van der Waals surface area contributed by atoms with Gasteiger partial charge in [0, 0.05) is 30.4 Å². The van der Waals surface area contributed by atoms with Crippen LogP contribution in [0.25, 0.3) is 17.3 Å². The van der Waals surface area contributed by atoms with Gasteiger partial charge in [0.25, 0.3) is 0 Å². The van der Waals surface area contributed by atoms with Gasteiger partial charge in [-0.2, -0.15) is 0 Å². The van der Waals surface area contributed by atoms with Gasteiger partial charge in [-0.25, -0.2) is 4.39 Å². The zero-order valence-corrected chi connectivity index (χ0v) is 16.3. The van der Waals surface area contributed by atoms with E-state index in [0.717, 1.165) is 35.7 Å². The first kappa shape index (κ1) is 19.7. The second kappa shape index (κ2) is 9.28. The van der Waals surface area contributed by atoms with Crippen LogP contribution >= 0.6 is 0 Å². The second-order valence-corrected chi connectivity index (χ2v) is 6.83. The maximum atomic E-state index is 12.9. The highest BCUT2D eigenvalue weighted by Gasteiger charge is 2.13. The van der Waals surface area contributed by atoms with Crippen LogP contribution in [0.2, 0.25) is 0 Å². The Bertz CT molecular complexity index is 1030. The molecule has 2 aromatic carbocycles. The van der Waals surface area contributed by atoms with Gasteiger partial charge in [-0.15, -0.1) is 10.2 Å². The fourth-order valence-corrected chi connectivity index (χ4v) is 3.13. The molecule has 7 heteroatoms. The number of aromatic nitrogens is 2. The number of hydrogen-bond acceptors (Lipinski definition) is 5. The van der Waals surface area contributed by atoms with Crippen molar-refractivity contribution in [3.8, 4) is 11.3 Å². The van der Waals surface area contributed by atoms with E-state index in [9.17, 15) is 9.18 Å². The Morgan fingerprint density at radius 1 is 1.03 bits per heavy atom. The van der Waals surface area contributed by atoms with E-state index >= 15 is 0 Å². The van der Waals surface area contributed by atoms with Crippen LogP contribution in [0.1, 0.15) is 5.56 Å². The molecule has 1 N–H and O–H groups in total. The SMILES string of the molecule is O=C(/C=C/c1ccc(F)cc1)Nc1cccc(-c2ccc(N3CCOCC3)nn2)c1. The van der Waals surface area contributed by atoms with Crippen molar-refractivity contribution >= 4 is 23.5 Å². The van der Waals surface area contributed by atoms with E-state index in [1.807, 2.05) is 36.4 Å². The molecular weight excluding hydrogens is 383 g/mol. The predicted octanol–water partition coefficient (Wildman–Crippen LogP) is 3.77. The average molecular weight is 404 g/mol. The minimum Gasteiger partial charge on any atom is -0.378 e. The third kappa shape index (κ3) is 5.07. The molecule has 2 heterocycles. The Morgan fingerprint density at radius 2 is 1.83 bits per heavy atom. The van der Waals surface area contributed by atoms with Crippen molar-refractivity contribution in [2.75, 3.05) is 36.5 Å². The number of ether oxygens (including phenoxy) is 1. The molecule has 1 aliphatic rings. The molecule has 0 saturated carbocycles. The van der Waals surface area contributed by atoms with E-state index in [0.29, 0.717) is 18.9 Å². The van der Waals surface area contributed by atoms with Gasteiger partial charge >= 0.3 is 0 Å². The normalized spacial score (nSPS) is 14.1. The van der Waals surface area contributed by atoms with Crippen LogP contribution in [-0.4, -0.2) is 42.4 Å². The summed E-state index contributed by atoms with van der Waals surface area (Å²) in [5.41, 5.74) is 2.98. The molecule has 1 amide bonds. The van der Waals surface area contributed by atoms with Gasteiger partial charge in [-0.05, 0) is 48.0 Å². The monoisotopic (exact) mass is 404 g/mol. The molecule has 3 aromatic rings. The van der Waals surface area contributed by atoms with Gasteiger partial charge in [0.05, 0.1) is 18.9 Å². The molecule has 0 spiro atoms. The molecule has 6 nitrogen and oxygen atoms in total. The number of amides is 1. The van der Waals surface area contributed by atoms with Crippen LogP contribution in [0.3, 0.4) is 0 Å². The largest absolute Gasteiger partial charge is 0.378 e. The highest BCUT2D eigenvalue weighted by Crippen LogP contribution is 2.22. The van der Waals surface area contributed by atoms with Gasteiger partial charge in [0.15, 0.2) is 5.82 Å². The molecule has 0 unspecified atom stereocenters. The summed E-state index contributed by atoms with van der Waals surface area (Å²) in [5.74, 6) is 0.247. The lowest BCUT2D eigenvalue weighted by molar-refractivity contribution is -0.111. The van der Waals surface area contributed by atoms with Crippen molar-refractivity contribution in [1.82, 2.24) is 10.2 Å². The first-order valence-electron chi connectivity index (χ1n) is 9.69. The molecular formula is C23H21FN4O2. The molecule has 0 bridgehead atoms. The molecule has 1 aromatic heterocycles. The molecule has 152 valence electrons. The van der Waals surface area contributed by atoms with Crippen molar-refractivity contribution in [2.24, 2.45) is 0 Å². The molecule has 0 radical (unpaired) electrons. The quantitative estimate of drug-likeness (QED) is 0.656. The summed E-state index contributed by atoms with van der Waals surface area (Å²) in [5, 5.41) is 11.5. The summed E-state index contributed by atoms with van der Waals surface area (Å²) in [6.45, 7) is 3.00. The molecule has 4 rings (SSSR count). The minimum absolute atomic E-state index is 0.273. The summed E-state index contributed by atoms with van der Waals surface area (Å²) >= 11 is 0. The molecule has 0 atom stereocenters. The molecule has 30 heavy (non-hydrogen) atoms. The standard InChI is InChI=1S/C23H21FN4O2/c24-19-7-4-17(5-8-19)6-11-23(29)25-20-3-1-2-18(16-20)21-9-10-22(27-26-21)28-12-14-30-15-13-28/h1-11,16H,12-15H2,(H,25,29)/b11-6+. The van der Waals surface area contributed by atoms with Crippen LogP contribution in [0.15, 0.2) is 66.7 Å². The smallest absolute Gasteiger partial charge is 0.248 e. The lowest BCUT2D eigenvalue weighted by atomic mass is 10.1. The summed E-state index contributed by atoms with van der Waals surface area (Å²) in [6, 6.07) is 17.2. The van der Waals surface area contributed by atoms with Crippen LogP contribution in [0.5, 0.6) is 0 Å². The number of anilines is 2. The van der Waals surface area contributed by atoms with E-state index < -0.39 is 0 Å². The van der Waals surface area contributed by atoms with Crippen LogP contribution in [0, 0.1) is 5.82 Å². The summed E-state index contributed by atoms with van der Waals surface area (Å²) in [4.78, 5) is 14.3. The maximum absolute atomic E-state index is 12.9. The van der Waals surface area contributed by atoms with E-state index in [1.54, 1.807) is 18.2 Å². The van der Waals surface area contributed by atoms with Crippen LogP contribution < -0.4 is 10.2 Å². The first-order chi connectivity index (χ1) is 14.7. The van der Waals surface area contributed by atoms with Crippen molar-refractivity contribution in [3.63, 3.8) is 0 Å². The Hall–Kier alpha value is -3.58. The fourth-order valence-electron chi connectivity index (χ4n) is 3.13. The van der Waals surface area contributed by atoms with E-state index in [4.69, 9.17) is 4.74 Å². The number of halogens is 1. The zero-order valence-electron chi connectivity index (χ0n) is 16.3. The summed E-state index contributed by atoms with van der Waals surface area (Å²) in [7, 11) is 0. The number of rotatable bonds is 5. The lowest BCUT2D eigenvalue weighted by Crippen LogP contribution is -2.36. The van der Waals surface area contributed by atoms with Gasteiger partial charge in [-0.1, -0.05) is 24.3 Å². The number of hydrogen-bond donors (Lipinski definition) is 1.